The van der Waals surface area contributed by atoms with Gasteiger partial charge in [-0.3, -0.25) is 9.69 Å². The zero-order valence-corrected chi connectivity index (χ0v) is 19.9. The van der Waals surface area contributed by atoms with Crippen LogP contribution in [0.5, 0.6) is 0 Å². The van der Waals surface area contributed by atoms with Crippen molar-refractivity contribution in [1.29, 1.82) is 0 Å². The fourth-order valence-corrected chi connectivity index (χ4v) is 5.40. The van der Waals surface area contributed by atoms with Crippen molar-refractivity contribution in [2.24, 2.45) is 0 Å². The molecule has 2 aromatic carbocycles. The molecule has 1 aliphatic rings. The van der Waals surface area contributed by atoms with Gasteiger partial charge in [-0.1, -0.05) is 61.3 Å². The van der Waals surface area contributed by atoms with Gasteiger partial charge in [0.05, 0.1) is 15.6 Å². The second-order valence-corrected chi connectivity index (χ2v) is 10.1. The number of hydrogen-bond donors (Lipinski definition) is 2. The van der Waals surface area contributed by atoms with E-state index in [0.717, 1.165) is 43.6 Å². The van der Waals surface area contributed by atoms with Crippen LogP contribution in [0.2, 0.25) is 10.0 Å². The molecule has 6 nitrogen and oxygen atoms in total. The van der Waals surface area contributed by atoms with Gasteiger partial charge in [-0.05, 0) is 49.2 Å². The Hall–Kier alpha value is -1.64. The molecule has 0 aromatic heterocycles. The highest BCUT2D eigenvalue weighted by molar-refractivity contribution is 7.89. The maximum absolute atomic E-state index is 12.8. The summed E-state index contributed by atoms with van der Waals surface area (Å²) in [6.07, 6.45) is 1.59. The van der Waals surface area contributed by atoms with Crippen molar-refractivity contribution in [3.63, 3.8) is 0 Å². The van der Waals surface area contributed by atoms with E-state index in [1.54, 1.807) is 0 Å². The fraction of sp³-hybridized carbons (Fsp3) is 0.409. The lowest BCUT2D eigenvalue weighted by atomic mass is 10.1. The van der Waals surface area contributed by atoms with Crippen molar-refractivity contribution in [2.75, 3.05) is 13.1 Å². The Morgan fingerprint density at radius 3 is 2.32 bits per heavy atom. The first kappa shape index (κ1) is 24.0. The quantitative estimate of drug-likeness (QED) is 0.530. The molecule has 168 valence electrons. The molecular formula is C22H27Cl2N3O3S. The number of carbonyl (C=O) groups is 1. The molecule has 0 spiro atoms. The first-order valence-corrected chi connectivity index (χ1v) is 12.6. The summed E-state index contributed by atoms with van der Waals surface area (Å²) in [5, 5.41) is 2.94. The number of amides is 1. The standard InChI is InChI=1S/C22H27Cl2N3O3S/c1-3-27(4-2)14-16-8-6-5-7-15(16)13-25-22(28)18-11-21(20(24)12-19(18)23)31(29,30)26-17-9-10-17/h5-8,11-12,17,26H,3-4,9-10,13-14H2,1-2H3,(H,25,28). The third-order valence-electron chi connectivity index (χ3n) is 5.30. The van der Waals surface area contributed by atoms with Gasteiger partial charge in [-0.15, -0.1) is 0 Å². The summed E-state index contributed by atoms with van der Waals surface area (Å²) >= 11 is 12.3. The third-order valence-corrected chi connectivity index (χ3v) is 7.60. The minimum atomic E-state index is -3.82. The van der Waals surface area contributed by atoms with Crippen molar-refractivity contribution in [1.82, 2.24) is 14.9 Å². The Morgan fingerprint density at radius 2 is 1.71 bits per heavy atom. The number of rotatable bonds is 10. The van der Waals surface area contributed by atoms with Crippen molar-refractivity contribution >= 4 is 39.1 Å². The average molecular weight is 484 g/mol. The molecular weight excluding hydrogens is 457 g/mol. The molecule has 1 amide bonds. The number of halogens is 2. The van der Waals surface area contributed by atoms with Gasteiger partial charge in [-0.25, -0.2) is 13.1 Å². The normalized spacial score (nSPS) is 14.1. The van der Waals surface area contributed by atoms with E-state index in [1.165, 1.54) is 12.1 Å². The van der Waals surface area contributed by atoms with E-state index in [0.29, 0.717) is 6.54 Å². The van der Waals surface area contributed by atoms with Crippen LogP contribution in [0.4, 0.5) is 0 Å². The van der Waals surface area contributed by atoms with Crippen LogP contribution >= 0.6 is 23.2 Å². The lowest BCUT2D eigenvalue weighted by Crippen LogP contribution is -2.28. The molecule has 0 atom stereocenters. The molecule has 0 unspecified atom stereocenters. The maximum atomic E-state index is 12.8. The topological polar surface area (TPSA) is 78.5 Å². The maximum Gasteiger partial charge on any atom is 0.253 e. The van der Waals surface area contributed by atoms with Gasteiger partial charge in [0.1, 0.15) is 4.90 Å². The zero-order chi connectivity index (χ0) is 22.6. The summed E-state index contributed by atoms with van der Waals surface area (Å²) in [6.45, 7) is 7.18. The van der Waals surface area contributed by atoms with Crippen LogP contribution in [0.1, 0.15) is 48.2 Å². The lowest BCUT2D eigenvalue weighted by molar-refractivity contribution is 0.0950. The molecule has 31 heavy (non-hydrogen) atoms. The largest absolute Gasteiger partial charge is 0.348 e. The first-order chi connectivity index (χ1) is 14.7. The highest BCUT2D eigenvalue weighted by Crippen LogP contribution is 2.30. The van der Waals surface area contributed by atoms with E-state index in [-0.39, 0.29) is 26.5 Å². The van der Waals surface area contributed by atoms with Gasteiger partial charge in [0, 0.05) is 19.1 Å². The van der Waals surface area contributed by atoms with Crippen LogP contribution in [-0.4, -0.2) is 38.4 Å². The number of hydrogen-bond acceptors (Lipinski definition) is 4. The predicted molar refractivity (Wildman–Crippen MR) is 124 cm³/mol. The van der Waals surface area contributed by atoms with Crippen LogP contribution in [0, 0.1) is 0 Å². The van der Waals surface area contributed by atoms with Gasteiger partial charge in [-0.2, -0.15) is 0 Å². The number of nitrogens with one attached hydrogen (secondary N) is 2. The second kappa shape index (κ2) is 10.3. The van der Waals surface area contributed by atoms with Crippen molar-refractivity contribution in [2.45, 2.75) is 50.7 Å². The fourth-order valence-electron chi connectivity index (χ4n) is 3.24. The van der Waals surface area contributed by atoms with E-state index < -0.39 is 15.9 Å². The molecule has 0 radical (unpaired) electrons. The average Bonchev–Trinajstić information content (AvgIpc) is 3.54. The number of benzene rings is 2. The van der Waals surface area contributed by atoms with E-state index in [9.17, 15) is 13.2 Å². The molecule has 1 fully saturated rings. The Morgan fingerprint density at radius 1 is 1.06 bits per heavy atom. The summed E-state index contributed by atoms with van der Waals surface area (Å²) < 4.78 is 27.8. The molecule has 3 rings (SSSR count). The molecule has 0 aliphatic heterocycles. The molecule has 1 saturated carbocycles. The van der Waals surface area contributed by atoms with Crippen molar-refractivity contribution < 1.29 is 13.2 Å². The van der Waals surface area contributed by atoms with Crippen LogP contribution in [-0.2, 0) is 23.1 Å². The lowest BCUT2D eigenvalue weighted by Gasteiger charge is -2.20. The Balaban J connectivity index is 1.78. The highest BCUT2D eigenvalue weighted by Gasteiger charge is 2.30. The summed E-state index contributed by atoms with van der Waals surface area (Å²) in [7, 11) is -3.82. The Kier molecular flexibility index (Phi) is 7.99. The third kappa shape index (κ3) is 6.20. The summed E-state index contributed by atoms with van der Waals surface area (Å²) in [6, 6.07) is 10.4. The molecule has 1 aliphatic carbocycles. The predicted octanol–water partition coefficient (Wildman–Crippen LogP) is 4.21. The Labute approximate surface area is 194 Å². The number of nitrogens with zero attached hydrogens (tertiary/aromatic N) is 1. The van der Waals surface area contributed by atoms with Gasteiger partial charge >= 0.3 is 0 Å². The molecule has 2 aromatic rings. The van der Waals surface area contributed by atoms with Crippen LogP contribution in [0.25, 0.3) is 0 Å². The second-order valence-electron chi connectivity index (χ2n) is 7.57. The molecule has 9 heteroatoms. The van der Waals surface area contributed by atoms with E-state index in [4.69, 9.17) is 23.2 Å². The van der Waals surface area contributed by atoms with Crippen LogP contribution in [0.15, 0.2) is 41.3 Å². The minimum Gasteiger partial charge on any atom is -0.348 e. The smallest absolute Gasteiger partial charge is 0.253 e. The monoisotopic (exact) mass is 483 g/mol. The van der Waals surface area contributed by atoms with Crippen molar-refractivity contribution in [3.05, 3.63) is 63.1 Å². The van der Waals surface area contributed by atoms with Crippen LogP contribution < -0.4 is 10.0 Å². The van der Waals surface area contributed by atoms with E-state index in [1.807, 2.05) is 24.3 Å². The SMILES string of the molecule is CCN(CC)Cc1ccccc1CNC(=O)c1cc(S(=O)(=O)NC2CC2)c(Cl)cc1Cl. The summed E-state index contributed by atoms with van der Waals surface area (Å²) in [4.78, 5) is 15.0. The van der Waals surface area contributed by atoms with E-state index >= 15 is 0 Å². The molecule has 0 heterocycles. The first-order valence-electron chi connectivity index (χ1n) is 10.3. The molecule has 0 saturated heterocycles. The van der Waals surface area contributed by atoms with E-state index in [2.05, 4.69) is 28.8 Å². The molecule has 2 N–H and O–H groups in total. The summed E-state index contributed by atoms with van der Waals surface area (Å²) in [5.74, 6) is -0.456. The van der Waals surface area contributed by atoms with Gasteiger partial charge in [0.25, 0.3) is 5.91 Å². The van der Waals surface area contributed by atoms with Gasteiger partial charge in [0.2, 0.25) is 10.0 Å². The van der Waals surface area contributed by atoms with Gasteiger partial charge < -0.3 is 5.32 Å². The van der Waals surface area contributed by atoms with Crippen molar-refractivity contribution in [3.8, 4) is 0 Å². The van der Waals surface area contributed by atoms with Gasteiger partial charge in [0.15, 0.2) is 0 Å². The number of carbonyl (C=O) groups excluding carboxylic acids is 1. The Bertz CT molecular complexity index is 1050. The number of sulfonamides is 1. The zero-order valence-electron chi connectivity index (χ0n) is 17.6. The minimum absolute atomic E-state index is 0.0146. The summed E-state index contributed by atoms with van der Waals surface area (Å²) in [5.41, 5.74) is 2.20. The molecule has 0 bridgehead atoms. The highest BCUT2D eigenvalue weighted by atomic mass is 35.5. The van der Waals surface area contributed by atoms with Crippen LogP contribution in [0.3, 0.4) is 0 Å².